The van der Waals surface area contributed by atoms with Crippen molar-refractivity contribution < 1.29 is 23.9 Å². The lowest BCUT2D eigenvalue weighted by atomic mass is 9.82. The number of Topliss-reactive ketones (excluding diaryl/α,β-unsaturated/α-hetero) is 1. The lowest BCUT2D eigenvalue weighted by molar-refractivity contribution is -0.168. The number of nitrogens with one attached hydrogen (secondary N) is 1. The van der Waals surface area contributed by atoms with Gasteiger partial charge in [-0.1, -0.05) is 13.8 Å². The van der Waals surface area contributed by atoms with Crippen molar-refractivity contribution in [3.8, 4) is 0 Å². The van der Waals surface area contributed by atoms with Crippen LogP contribution in [0.5, 0.6) is 0 Å². The van der Waals surface area contributed by atoms with E-state index in [9.17, 15) is 19.2 Å². The van der Waals surface area contributed by atoms with Crippen molar-refractivity contribution in [3.05, 3.63) is 0 Å². The number of alkyl halides is 1. The zero-order valence-electron chi connectivity index (χ0n) is 17.7. The Morgan fingerprint density at radius 2 is 2.00 bits per heavy atom. The number of esters is 1. The number of carbonyl (C=O) groups excluding carboxylic acids is 4. The second-order valence-electron chi connectivity index (χ2n) is 8.96. The van der Waals surface area contributed by atoms with Gasteiger partial charge in [-0.15, -0.1) is 11.6 Å². The summed E-state index contributed by atoms with van der Waals surface area (Å²) < 4.78 is 5.59. The molecule has 0 aromatic heterocycles. The number of amides is 2. The molecule has 164 valence electrons. The van der Waals surface area contributed by atoms with Gasteiger partial charge in [0.2, 0.25) is 11.8 Å². The first-order chi connectivity index (χ1) is 13.6. The molecule has 1 saturated heterocycles. The predicted octanol–water partition coefficient (Wildman–Crippen LogP) is 2.30. The Kier molecular flexibility index (Phi) is 8.49. The van der Waals surface area contributed by atoms with E-state index in [-0.39, 0.29) is 60.8 Å². The molecule has 1 aliphatic heterocycles. The molecule has 0 spiro atoms. The smallest absolute Gasteiger partial charge is 0.307 e. The Morgan fingerprint density at radius 1 is 1.31 bits per heavy atom. The van der Waals surface area contributed by atoms with Crippen LogP contribution in [0, 0.1) is 17.8 Å². The Balaban J connectivity index is 2.01. The molecule has 0 bridgehead atoms. The molecule has 2 rings (SSSR count). The SMILES string of the molecule is CC(C)C[C@H](CC(=O)OC1(C)CCC1)C(=O)CN(C[C@@H]1CCNC1=O)C(=O)CCl. The average molecular weight is 429 g/mol. The number of halogens is 1. The molecule has 0 unspecified atom stereocenters. The fraction of sp³-hybridized carbons (Fsp3) is 0.810. The topological polar surface area (TPSA) is 92.8 Å². The Morgan fingerprint density at radius 3 is 2.48 bits per heavy atom. The molecular weight excluding hydrogens is 396 g/mol. The quantitative estimate of drug-likeness (QED) is 0.402. The molecule has 7 nitrogen and oxygen atoms in total. The first-order valence-electron chi connectivity index (χ1n) is 10.5. The summed E-state index contributed by atoms with van der Waals surface area (Å²) in [5.74, 6) is -1.93. The van der Waals surface area contributed by atoms with Crippen molar-refractivity contribution in [1.82, 2.24) is 10.2 Å². The molecule has 8 heteroatoms. The van der Waals surface area contributed by atoms with Gasteiger partial charge in [-0.3, -0.25) is 19.2 Å². The largest absolute Gasteiger partial charge is 0.459 e. The molecule has 1 aliphatic carbocycles. The van der Waals surface area contributed by atoms with Crippen LogP contribution in [0.4, 0.5) is 0 Å². The molecule has 2 atom stereocenters. The fourth-order valence-corrected chi connectivity index (χ4v) is 4.10. The van der Waals surface area contributed by atoms with Crippen molar-refractivity contribution in [3.63, 3.8) is 0 Å². The summed E-state index contributed by atoms with van der Waals surface area (Å²) in [5.41, 5.74) is -0.404. The van der Waals surface area contributed by atoms with Crippen molar-refractivity contribution in [2.24, 2.45) is 17.8 Å². The molecule has 0 radical (unpaired) electrons. The predicted molar refractivity (Wildman–Crippen MR) is 109 cm³/mol. The Labute approximate surface area is 177 Å². The maximum absolute atomic E-state index is 13.0. The van der Waals surface area contributed by atoms with Crippen LogP contribution in [0.15, 0.2) is 0 Å². The van der Waals surface area contributed by atoms with Gasteiger partial charge in [-0.2, -0.15) is 0 Å². The van der Waals surface area contributed by atoms with Gasteiger partial charge in [-0.25, -0.2) is 0 Å². The molecule has 2 amide bonds. The van der Waals surface area contributed by atoms with Gasteiger partial charge in [0.25, 0.3) is 0 Å². The van der Waals surface area contributed by atoms with Gasteiger partial charge in [0.15, 0.2) is 5.78 Å². The minimum atomic E-state index is -0.519. The van der Waals surface area contributed by atoms with Crippen LogP contribution in [0.25, 0.3) is 0 Å². The van der Waals surface area contributed by atoms with Crippen LogP contribution in [-0.4, -0.2) is 59.6 Å². The van der Waals surface area contributed by atoms with Gasteiger partial charge in [-0.05, 0) is 44.9 Å². The molecular formula is C21H33ClN2O5. The van der Waals surface area contributed by atoms with Crippen molar-refractivity contribution in [1.29, 1.82) is 0 Å². The summed E-state index contributed by atoms with van der Waals surface area (Å²) in [4.78, 5) is 50.9. The first-order valence-corrected chi connectivity index (χ1v) is 11.0. The summed E-state index contributed by atoms with van der Waals surface area (Å²) in [6.07, 6.45) is 3.92. The molecule has 1 saturated carbocycles. The third kappa shape index (κ3) is 6.98. The Hall–Kier alpha value is -1.63. The van der Waals surface area contributed by atoms with E-state index in [0.29, 0.717) is 19.4 Å². The van der Waals surface area contributed by atoms with Crippen molar-refractivity contribution in [2.45, 2.75) is 64.9 Å². The van der Waals surface area contributed by atoms with E-state index >= 15 is 0 Å². The van der Waals surface area contributed by atoms with Gasteiger partial charge in [0, 0.05) is 19.0 Å². The highest BCUT2D eigenvalue weighted by atomic mass is 35.5. The summed E-state index contributed by atoms with van der Waals surface area (Å²) in [6, 6.07) is 0. The van der Waals surface area contributed by atoms with E-state index in [2.05, 4.69) is 5.32 Å². The number of rotatable bonds is 11. The van der Waals surface area contributed by atoms with E-state index in [0.717, 1.165) is 19.3 Å². The van der Waals surface area contributed by atoms with Crippen molar-refractivity contribution in [2.75, 3.05) is 25.5 Å². The van der Waals surface area contributed by atoms with Crippen LogP contribution in [-0.2, 0) is 23.9 Å². The van der Waals surface area contributed by atoms with Gasteiger partial charge < -0.3 is 15.0 Å². The minimum absolute atomic E-state index is 0.0133. The monoisotopic (exact) mass is 428 g/mol. The third-order valence-corrected chi connectivity index (χ3v) is 6.04. The lowest BCUT2D eigenvalue weighted by Gasteiger charge is -2.38. The molecule has 0 aromatic carbocycles. The highest BCUT2D eigenvalue weighted by molar-refractivity contribution is 6.27. The second kappa shape index (κ2) is 10.4. The summed E-state index contributed by atoms with van der Waals surface area (Å²) >= 11 is 5.72. The van der Waals surface area contributed by atoms with Gasteiger partial charge in [0.05, 0.1) is 18.9 Å². The lowest BCUT2D eigenvalue weighted by Crippen LogP contribution is -2.44. The summed E-state index contributed by atoms with van der Waals surface area (Å²) in [7, 11) is 0. The molecule has 2 aliphatic rings. The maximum Gasteiger partial charge on any atom is 0.307 e. The van der Waals surface area contributed by atoms with E-state index in [1.807, 2.05) is 20.8 Å². The van der Waals surface area contributed by atoms with E-state index in [1.165, 1.54) is 4.90 Å². The van der Waals surface area contributed by atoms with E-state index in [4.69, 9.17) is 16.3 Å². The number of nitrogens with zero attached hydrogens (tertiary/aromatic N) is 1. The van der Waals surface area contributed by atoms with Gasteiger partial charge in [0.1, 0.15) is 11.5 Å². The third-order valence-electron chi connectivity index (χ3n) is 5.81. The summed E-state index contributed by atoms with van der Waals surface area (Å²) in [5, 5.41) is 2.74. The summed E-state index contributed by atoms with van der Waals surface area (Å²) in [6.45, 7) is 6.49. The highest BCUT2D eigenvalue weighted by Crippen LogP contribution is 2.35. The zero-order chi connectivity index (χ0) is 21.6. The molecule has 1 heterocycles. The van der Waals surface area contributed by atoms with Crippen LogP contribution in [0.1, 0.15) is 59.3 Å². The number of ketones is 1. The number of ether oxygens (including phenoxy) is 1. The normalized spacial score (nSPS) is 21.3. The molecule has 1 N–H and O–H groups in total. The van der Waals surface area contributed by atoms with E-state index in [1.54, 1.807) is 0 Å². The molecule has 0 aromatic rings. The van der Waals surface area contributed by atoms with Crippen LogP contribution < -0.4 is 5.32 Å². The fourth-order valence-electron chi connectivity index (χ4n) is 3.93. The first kappa shape index (κ1) is 23.6. The van der Waals surface area contributed by atoms with Gasteiger partial charge >= 0.3 is 5.97 Å². The average Bonchev–Trinajstić information content (AvgIpc) is 3.02. The van der Waals surface area contributed by atoms with Crippen molar-refractivity contribution >= 4 is 35.2 Å². The maximum atomic E-state index is 13.0. The van der Waals surface area contributed by atoms with Crippen LogP contribution in [0.2, 0.25) is 0 Å². The molecule has 2 fully saturated rings. The molecule has 29 heavy (non-hydrogen) atoms. The van der Waals surface area contributed by atoms with Crippen LogP contribution in [0.3, 0.4) is 0 Å². The second-order valence-corrected chi connectivity index (χ2v) is 9.23. The zero-order valence-corrected chi connectivity index (χ0v) is 18.4. The Bertz CT molecular complexity index is 633. The number of hydrogen-bond acceptors (Lipinski definition) is 5. The van der Waals surface area contributed by atoms with Crippen LogP contribution >= 0.6 is 11.6 Å². The standard InChI is InChI=1S/C21H33ClN2O5/c1-14(2)9-16(10-19(27)29-21(3)6-4-7-21)17(25)13-24(18(26)11-22)12-15-5-8-23-20(15)28/h14-16H,4-13H2,1-3H3,(H,23,28)/t15-,16+/m0/s1. The highest BCUT2D eigenvalue weighted by Gasteiger charge is 2.37. The number of hydrogen-bond donors (Lipinski definition) is 1. The number of carbonyl (C=O) groups is 4. The minimum Gasteiger partial charge on any atom is -0.459 e. The van der Waals surface area contributed by atoms with E-state index < -0.39 is 11.5 Å².